The fourth-order valence-electron chi connectivity index (χ4n) is 2.76. The summed E-state index contributed by atoms with van der Waals surface area (Å²) in [5.74, 6) is 1.33. The summed E-state index contributed by atoms with van der Waals surface area (Å²) in [4.78, 5) is 27.0. The van der Waals surface area contributed by atoms with Crippen molar-refractivity contribution in [1.29, 1.82) is 0 Å². The Kier molecular flexibility index (Phi) is 4.24. The molecule has 0 bridgehead atoms. The highest BCUT2D eigenvalue weighted by Gasteiger charge is 2.31. The summed E-state index contributed by atoms with van der Waals surface area (Å²) in [5.41, 5.74) is 1.02. The van der Waals surface area contributed by atoms with Crippen LogP contribution in [0.2, 0.25) is 0 Å². The van der Waals surface area contributed by atoms with Crippen molar-refractivity contribution in [2.24, 2.45) is 0 Å². The van der Waals surface area contributed by atoms with Gasteiger partial charge in [-0.2, -0.15) is 0 Å². The highest BCUT2D eigenvalue weighted by molar-refractivity contribution is 5.90. The molecule has 2 aromatic heterocycles. The number of nitrogens with zero attached hydrogens (tertiary/aromatic N) is 5. The van der Waals surface area contributed by atoms with E-state index in [-0.39, 0.29) is 17.8 Å². The molecular weight excluding hydrogens is 298 g/mol. The van der Waals surface area contributed by atoms with Gasteiger partial charge < -0.3 is 18.9 Å². The van der Waals surface area contributed by atoms with E-state index in [0.717, 1.165) is 11.5 Å². The molecule has 0 fully saturated rings. The smallest absolute Gasteiger partial charge is 0.292 e. The first-order chi connectivity index (χ1) is 11.2. The predicted octanol–water partition coefficient (Wildman–Crippen LogP) is 1.05. The van der Waals surface area contributed by atoms with Crippen LogP contribution in [0.4, 0.5) is 0 Å². The Morgan fingerprint density at radius 1 is 1.22 bits per heavy atom. The van der Waals surface area contributed by atoms with E-state index in [4.69, 9.17) is 9.47 Å². The Morgan fingerprint density at radius 2 is 1.96 bits per heavy atom. The number of hydrogen-bond acceptors (Lipinski definition) is 6. The molecule has 122 valence electrons. The minimum atomic E-state index is -0.206. The number of amides is 1. The molecule has 0 aliphatic carbocycles. The molecule has 8 nitrogen and oxygen atoms in total. The van der Waals surface area contributed by atoms with Crippen LogP contribution in [0.1, 0.15) is 35.1 Å². The van der Waals surface area contributed by atoms with Crippen LogP contribution < -0.4 is 4.74 Å². The Balaban J connectivity index is 1.82. The van der Waals surface area contributed by atoms with Crippen molar-refractivity contribution < 1.29 is 14.3 Å². The van der Waals surface area contributed by atoms with E-state index in [2.05, 4.69) is 19.5 Å². The van der Waals surface area contributed by atoms with E-state index >= 15 is 0 Å². The zero-order chi connectivity index (χ0) is 16.4. The van der Waals surface area contributed by atoms with Crippen molar-refractivity contribution >= 4 is 5.91 Å². The van der Waals surface area contributed by atoms with Crippen molar-refractivity contribution in [3.05, 3.63) is 35.9 Å². The molecular formula is C15H19N5O3. The van der Waals surface area contributed by atoms with Crippen LogP contribution in [0, 0.1) is 0 Å². The molecule has 1 aliphatic rings. The molecule has 3 heterocycles. The lowest BCUT2D eigenvalue weighted by Crippen LogP contribution is -2.42. The first-order valence-electron chi connectivity index (χ1n) is 7.36. The number of rotatable bonds is 4. The fraction of sp³-hybridized carbons (Fsp3) is 0.467. The monoisotopic (exact) mass is 317 g/mol. The van der Waals surface area contributed by atoms with Gasteiger partial charge in [-0.3, -0.25) is 4.79 Å². The summed E-state index contributed by atoms with van der Waals surface area (Å²) in [6.07, 6.45) is 4.78. The summed E-state index contributed by atoms with van der Waals surface area (Å²) in [5, 5.41) is 0. The first kappa shape index (κ1) is 15.4. The lowest BCUT2D eigenvalue weighted by atomic mass is 10.2. The molecule has 1 amide bonds. The average Bonchev–Trinajstić information content (AvgIpc) is 2.99. The van der Waals surface area contributed by atoms with E-state index in [9.17, 15) is 4.79 Å². The van der Waals surface area contributed by atoms with Gasteiger partial charge in [0, 0.05) is 20.2 Å². The maximum atomic E-state index is 12.7. The zero-order valence-corrected chi connectivity index (χ0v) is 13.4. The van der Waals surface area contributed by atoms with Crippen LogP contribution in [-0.4, -0.2) is 51.1 Å². The second-order valence-corrected chi connectivity index (χ2v) is 5.31. The Morgan fingerprint density at radius 3 is 2.61 bits per heavy atom. The van der Waals surface area contributed by atoms with Crippen molar-refractivity contribution in [1.82, 2.24) is 24.4 Å². The van der Waals surface area contributed by atoms with Gasteiger partial charge in [0.15, 0.2) is 5.75 Å². The number of carbonyl (C=O) groups is 1. The molecule has 0 saturated carbocycles. The van der Waals surface area contributed by atoms with Gasteiger partial charge in [-0.25, -0.2) is 15.0 Å². The first-order valence-corrected chi connectivity index (χ1v) is 7.36. The molecule has 8 heteroatoms. The number of methoxy groups -OCH3 is 2. The molecule has 0 saturated heterocycles. The minimum absolute atomic E-state index is 0.146. The lowest BCUT2D eigenvalue weighted by Gasteiger charge is -2.33. The number of carbonyl (C=O) groups excluding carboxylic acids is 1. The highest BCUT2D eigenvalue weighted by atomic mass is 16.5. The van der Waals surface area contributed by atoms with Gasteiger partial charge in [0.25, 0.3) is 5.91 Å². The van der Waals surface area contributed by atoms with Crippen LogP contribution in [0.25, 0.3) is 0 Å². The quantitative estimate of drug-likeness (QED) is 0.838. The topological polar surface area (TPSA) is 82.4 Å². The third kappa shape index (κ3) is 2.77. The Labute approximate surface area is 134 Å². The summed E-state index contributed by atoms with van der Waals surface area (Å²) in [7, 11) is 3.19. The van der Waals surface area contributed by atoms with Crippen molar-refractivity contribution in [2.45, 2.75) is 26.1 Å². The van der Waals surface area contributed by atoms with Crippen LogP contribution >= 0.6 is 0 Å². The van der Waals surface area contributed by atoms with Crippen molar-refractivity contribution in [3.8, 4) is 5.75 Å². The highest BCUT2D eigenvalue weighted by Crippen LogP contribution is 2.26. The Hall–Kier alpha value is -2.48. The van der Waals surface area contributed by atoms with Gasteiger partial charge in [0.2, 0.25) is 5.82 Å². The lowest BCUT2D eigenvalue weighted by molar-refractivity contribution is 0.0619. The maximum Gasteiger partial charge on any atom is 0.292 e. The van der Waals surface area contributed by atoms with Gasteiger partial charge in [0.1, 0.15) is 5.82 Å². The van der Waals surface area contributed by atoms with E-state index in [0.29, 0.717) is 25.4 Å². The van der Waals surface area contributed by atoms with Crippen molar-refractivity contribution in [2.75, 3.05) is 20.8 Å². The van der Waals surface area contributed by atoms with Crippen LogP contribution in [0.15, 0.2) is 18.6 Å². The number of imidazole rings is 1. The second kappa shape index (κ2) is 6.33. The third-order valence-electron chi connectivity index (χ3n) is 3.98. The summed E-state index contributed by atoms with van der Waals surface area (Å²) >= 11 is 0. The summed E-state index contributed by atoms with van der Waals surface area (Å²) in [6, 6.07) is -0.146. The van der Waals surface area contributed by atoms with E-state index < -0.39 is 0 Å². The maximum absolute atomic E-state index is 12.7. The molecule has 2 aromatic rings. The standard InChI is InChI=1S/C15H19N5O3/c1-10-14-18-6-11(9-22-2)20(14)5-4-19(10)15(21)13-16-7-12(23-3)8-17-13/h6-8,10H,4-5,9H2,1-3H3. The summed E-state index contributed by atoms with van der Waals surface area (Å²) in [6.45, 7) is 3.72. The molecule has 0 spiro atoms. The number of aromatic nitrogens is 4. The van der Waals surface area contributed by atoms with Gasteiger partial charge in [-0.1, -0.05) is 0 Å². The SMILES string of the molecule is COCc1cnc2n1CCN(C(=O)c1ncc(OC)cn1)C2C. The van der Waals surface area contributed by atoms with Crippen molar-refractivity contribution in [3.63, 3.8) is 0 Å². The number of ether oxygens (including phenoxy) is 2. The van der Waals surface area contributed by atoms with Gasteiger partial charge >= 0.3 is 0 Å². The van der Waals surface area contributed by atoms with Crippen LogP contribution in [-0.2, 0) is 17.9 Å². The van der Waals surface area contributed by atoms with Gasteiger partial charge in [0.05, 0.1) is 44.0 Å². The van der Waals surface area contributed by atoms with Gasteiger partial charge in [-0.15, -0.1) is 0 Å². The molecule has 1 aliphatic heterocycles. The average molecular weight is 317 g/mol. The van der Waals surface area contributed by atoms with E-state index in [1.807, 2.05) is 6.92 Å². The largest absolute Gasteiger partial charge is 0.494 e. The normalized spacial score (nSPS) is 17.0. The molecule has 3 rings (SSSR count). The van der Waals surface area contributed by atoms with Crippen LogP contribution in [0.5, 0.6) is 5.75 Å². The molecule has 0 radical (unpaired) electrons. The molecule has 0 aromatic carbocycles. The molecule has 23 heavy (non-hydrogen) atoms. The second-order valence-electron chi connectivity index (χ2n) is 5.31. The molecule has 1 unspecified atom stereocenters. The zero-order valence-electron chi connectivity index (χ0n) is 13.4. The van der Waals surface area contributed by atoms with Crippen LogP contribution in [0.3, 0.4) is 0 Å². The number of fused-ring (bicyclic) bond motifs is 1. The minimum Gasteiger partial charge on any atom is -0.494 e. The van der Waals surface area contributed by atoms with E-state index in [1.54, 1.807) is 18.2 Å². The summed E-state index contributed by atoms with van der Waals surface area (Å²) < 4.78 is 12.3. The Bertz CT molecular complexity index is 698. The van der Waals surface area contributed by atoms with Gasteiger partial charge in [-0.05, 0) is 6.92 Å². The van der Waals surface area contributed by atoms with E-state index in [1.165, 1.54) is 19.5 Å². The fourth-order valence-corrected chi connectivity index (χ4v) is 2.76. The predicted molar refractivity (Wildman–Crippen MR) is 81.0 cm³/mol. The number of hydrogen-bond donors (Lipinski definition) is 0. The third-order valence-corrected chi connectivity index (χ3v) is 3.98. The molecule has 0 N–H and O–H groups in total. The molecule has 1 atom stereocenters.